The average molecular weight is 349 g/mol. The van der Waals surface area contributed by atoms with Gasteiger partial charge in [0.15, 0.2) is 5.78 Å². The minimum absolute atomic E-state index is 0.000774. The molecule has 0 aliphatic heterocycles. The molecule has 0 aliphatic carbocycles. The smallest absolute Gasteiger partial charge is 0.269 e. The summed E-state index contributed by atoms with van der Waals surface area (Å²) in [6, 6.07) is 12.2. The Morgan fingerprint density at radius 1 is 1.23 bits per heavy atom. The molecule has 26 heavy (non-hydrogen) atoms. The average Bonchev–Trinajstić information content (AvgIpc) is 3.00. The molecular formula is C19H15N3O4. The van der Waals surface area contributed by atoms with Crippen LogP contribution in [0.5, 0.6) is 5.75 Å². The molecule has 3 rings (SSSR count). The van der Waals surface area contributed by atoms with Gasteiger partial charge in [0, 0.05) is 42.1 Å². The molecule has 0 radical (unpaired) electrons. The van der Waals surface area contributed by atoms with Crippen molar-refractivity contribution in [2.75, 3.05) is 0 Å². The first-order valence-electron chi connectivity index (χ1n) is 7.74. The van der Waals surface area contributed by atoms with Gasteiger partial charge in [-0.25, -0.2) is 0 Å². The second-order valence-corrected chi connectivity index (χ2v) is 5.66. The van der Waals surface area contributed by atoms with E-state index in [4.69, 9.17) is 0 Å². The first-order valence-corrected chi connectivity index (χ1v) is 7.74. The van der Waals surface area contributed by atoms with Crippen LogP contribution >= 0.6 is 0 Å². The van der Waals surface area contributed by atoms with E-state index in [0.717, 1.165) is 0 Å². The Morgan fingerprint density at radius 2 is 1.96 bits per heavy atom. The third kappa shape index (κ3) is 3.67. The summed E-state index contributed by atoms with van der Waals surface area (Å²) >= 11 is 0. The zero-order valence-corrected chi connectivity index (χ0v) is 13.9. The third-order valence-electron chi connectivity index (χ3n) is 3.75. The van der Waals surface area contributed by atoms with E-state index >= 15 is 0 Å². The zero-order chi connectivity index (χ0) is 18.7. The molecule has 0 saturated carbocycles. The van der Waals surface area contributed by atoms with Crippen molar-refractivity contribution >= 4 is 17.5 Å². The number of hydrogen-bond donors (Lipinski definition) is 1. The Bertz CT molecular complexity index is 1000. The number of phenols is 1. The zero-order valence-electron chi connectivity index (χ0n) is 13.9. The van der Waals surface area contributed by atoms with E-state index in [1.54, 1.807) is 48.3 Å². The summed E-state index contributed by atoms with van der Waals surface area (Å²) < 4.78 is 1.61. The van der Waals surface area contributed by atoms with Crippen molar-refractivity contribution in [3.63, 3.8) is 0 Å². The van der Waals surface area contributed by atoms with Gasteiger partial charge in [-0.05, 0) is 36.4 Å². The first kappa shape index (κ1) is 17.1. The molecule has 7 nitrogen and oxygen atoms in total. The second kappa shape index (κ2) is 7.02. The van der Waals surface area contributed by atoms with Gasteiger partial charge < -0.3 is 5.11 Å². The Kier molecular flexibility index (Phi) is 4.62. The number of carbonyl (C=O) groups is 1. The van der Waals surface area contributed by atoms with Crippen LogP contribution < -0.4 is 0 Å². The lowest BCUT2D eigenvalue weighted by molar-refractivity contribution is -0.384. The molecule has 0 aliphatic rings. The number of aryl methyl sites for hydroxylation is 1. The SMILES string of the molecule is Cn1cc(/C=C/C(=O)c2cccc(O)c2)c(-c2ccc([N+](=O)[O-])cc2)n1. The van der Waals surface area contributed by atoms with Crippen LogP contribution in [-0.2, 0) is 7.05 Å². The number of hydrogen-bond acceptors (Lipinski definition) is 5. The number of allylic oxidation sites excluding steroid dienone is 1. The van der Waals surface area contributed by atoms with Crippen molar-refractivity contribution < 1.29 is 14.8 Å². The molecule has 130 valence electrons. The Hall–Kier alpha value is -3.74. The van der Waals surface area contributed by atoms with Crippen LogP contribution in [0.15, 0.2) is 60.8 Å². The van der Waals surface area contributed by atoms with Gasteiger partial charge in [0.1, 0.15) is 5.75 Å². The fourth-order valence-corrected chi connectivity index (χ4v) is 2.52. The number of aromatic nitrogens is 2. The van der Waals surface area contributed by atoms with Crippen LogP contribution in [0.25, 0.3) is 17.3 Å². The summed E-state index contributed by atoms with van der Waals surface area (Å²) in [4.78, 5) is 22.6. The van der Waals surface area contributed by atoms with Crippen LogP contribution in [0.1, 0.15) is 15.9 Å². The van der Waals surface area contributed by atoms with Gasteiger partial charge in [0.05, 0.1) is 10.6 Å². The van der Waals surface area contributed by atoms with Crippen LogP contribution in [0, 0.1) is 10.1 Å². The summed E-state index contributed by atoms with van der Waals surface area (Å²) in [5.74, 6) is -0.225. The van der Waals surface area contributed by atoms with Crippen molar-refractivity contribution in [3.8, 4) is 17.0 Å². The van der Waals surface area contributed by atoms with Crippen molar-refractivity contribution in [1.29, 1.82) is 0 Å². The topological polar surface area (TPSA) is 98.3 Å². The summed E-state index contributed by atoms with van der Waals surface area (Å²) in [6.45, 7) is 0. The standard InChI is InChI=1S/C19H15N3O4/c1-21-12-15(7-10-18(24)14-3-2-4-17(23)11-14)19(20-21)13-5-8-16(9-6-13)22(25)26/h2-12,23H,1H3/b10-7+. The first-order chi connectivity index (χ1) is 12.4. The number of nitrogens with zero attached hydrogens (tertiary/aromatic N) is 3. The van der Waals surface area contributed by atoms with Gasteiger partial charge in [0.2, 0.25) is 0 Å². The van der Waals surface area contributed by atoms with E-state index < -0.39 is 4.92 Å². The van der Waals surface area contributed by atoms with Crippen LogP contribution in [-0.4, -0.2) is 25.6 Å². The fraction of sp³-hybridized carbons (Fsp3) is 0.0526. The highest BCUT2D eigenvalue weighted by atomic mass is 16.6. The number of non-ortho nitro benzene ring substituents is 1. The van der Waals surface area contributed by atoms with E-state index in [1.165, 1.54) is 30.3 Å². The monoisotopic (exact) mass is 349 g/mol. The molecule has 0 amide bonds. The number of nitro benzene ring substituents is 1. The molecule has 0 spiro atoms. The predicted molar refractivity (Wildman–Crippen MR) is 96.8 cm³/mol. The number of phenolic OH excluding ortho intramolecular Hbond substituents is 1. The Balaban J connectivity index is 1.89. The summed E-state index contributed by atoms with van der Waals surface area (Å²) in [5, 5.41) is 24.6. The molecule has 7 heteroatoms. The molecule has 0 unspecified atom stereocenters. The molecule has 3 aromatic rings. The third-order valence-corrected chi connectivity index (χ3v) is 3.75. The Morgan fingerprint density at radius 3 is 2.62 bits per heavy atom. The molecule has 0 bridgehead atoms. The largest absolute Gasteiger partial charge is 0.508 e. The maximum Gasteiger partial charge on any atom is 0.269 e. The second-order valence-electron chi connectivity index (χ2n) is 5.66. The molecule has 0 fully saturated rings. The number of nitro groups is 1. The Labute approximate surface area is 149 Å². The van der Waals surface area contributed by atoms with Gasteiger partial charge in [-0.2, -0.15) is 5.10 Å². The van der Waals surface area contributed by atoms with Gasteiger partial charge in [-0.1, -0.05) is 12.1 Å². The van der Waals surface area contributed by atoms with Gasteiger partial charge in [0.25, 0.3) is 5.69 Å². The lowest BCUT2D eigenvalue weighted by Gasteiger charge is -1.99. The van der Waals surface area contributed by atoms with E-state index in [0.29, 0.717) is 22.4 Å². The maximum absolute atomic E-state index is 12.2. The molecule has 1 aromatic heterocycles. The highest BCUT2D eigenvalue weighted by molar-refractivity contribution is 6.07. The van der Waals surface area contributed by atoms with Gasteiger partial charge in [-0.3, -0.25) is 19.6 Å². The lowest BCUT2D eigenvalue weighted by atomic mass is 10.1. The quantitative estimate of drug-likeness (QED) is 0.328. The van der Waals surface area contributed by atoms with E-state index in [9.17, 15) is 20.0 Å². The van der Waals surface area contributed by atoms with Crippen molar-refractivity contribution in [3.05, 3.63) is 82.0 Å². The number of rotatable bonds is 5. The highest BCUT2D eigenvalue weighted by Gasteiger charge is 2.11. The minimum Gasteiger partial charge on any atom is -0.508 e. The normalized spacial score (nSPS) is 11.0. The number of ketones is 1. The summed E-state index contributed by atoms with van der Waals surface area (Å²) in [7, 11) is 1.75. The maximum atomic E-state index is 12.2. The van der Waals surface area contributed by atoms with Crippen LogP contribution in [0.4, 0.5) is 5.69 Å². The van der Waals surface area contributed by atoms with Crippen LogP contribution in [0.2, 0.25) is 0 Å². The van der Waals surface area contributed by atoms with Crippen LogP contribution in [0.3, 0.4) is 0 Å². The molecule has 0 saturated heterocycles. The molecule has 2 aromatic carbocycles. The van der Waals surface area contributed by atoms with Gasteiger partial charge >= 0.3 is 0 Å². The molecule has 0 atom stereocenters. The number of aromatic hydroxyl groups is 1. The lowest BCUT2D eigenvalue weighted by Crippen LogP contribution is -1.93. The summed E-state index contributed by atoms with van der Waals surface area (Å²) in [5.41, 5.74) is 2.40. The van der Waals surface area contributed by atoms with Crippen molar-refractivity contribution in [2.45, 2.75) is 0 Å². The minimum atomic E-state index is -0.461. The molecule has 1 heterocycles. The predicted octanol–water partition coefficient (Wildman–Crippen LogP) is 3.60. The summed E-state index contributed by atoms with van der Waals surface area (Å²) in [6.07, 6.45) is 4.79. The van der Waals surface area contributed by atoms with Gasteiger partial charge in [-0.15, -0.1) is 0 Å². The van der Waals surface area contributed by atoms with E-state index in [-0.39, 0.29) is 17.2 Å². The highest BCUT2D eigenvalue weighted by Crippen LogP contribution is 2.25. The van der Waals surface area contributed by atoms with Crippen molar-refractivity contribution in [2.24, 2.45) is 7.05 Å². The number of benzene rings is 2. The molecular weight excluding hydrogens is 334 g/mol. The number of carbonyl (C=O) groups excluding carboxylic acids is 1. The fourth-order valence-electron chi connectivity index (χ4n) is 2.52. The van der Waals surface area contributed by atoms with E-state index in [2.05, 4.69) is 5.10 Å². The molecule has 1 N–H and O–H groups in total. The van der Waals surface area contributed by atoms with E-state index in [1.807, 2.05) is 0 Å². The van der Waals surface area contributed by atoms with Crippen molar-refractivity contribution in [1.82, 2.24) is 9.78 Å².